The SMILES string of the molecule is COc1cccc(F)c1-c1c(F)cc2c3c(c(=O)n(-c4c(C)ccnc4C(C)C)c2c1F)N(CCN(C)C)C(=O)[C@H]1CC[C@H](C)CN31. The van der Waals surface area contributed by atoms with Crippen molar-refractivity contribution in [2.45, 2.75) is 52.5 Å². The first-order valence-electron chi connectivity index (χ1n) is 16.0. The standard InChI is InChI=1S/C36H40F3N5O3/c1-19(2)30-31(21(4)13-14-40-30)44-32-22(17-24(38)28(29(32)39)27-23(37)9-8-10-26(27)47-7)33-34(36(44)46)42(16-15-41(5)6)35(45)25-12-11-20(3)18-43(25)33/h8-10,13-14,17,19-20,25H,11-12,15-16,18H2,1-7H3/t20-,25+/m0/s1. The summed E-state index contributed by atoms with van der Waals surface area (Å²) >= 11 is 0. The van der Waals surface area contributed by atoms with Crippen LogP contribution in [0.25, 0.3) is 27.7 Å². The highest BCUT2D eigenvalue weighted by Gasteiger charge is 2.45. The number of pyridine rings is 2. The first-order chi connectivity index (χ1) is 22.4. The average Bonchev–Trinajstić information content (AvgIpc) is 3.02. The van der Waals surface area contributed by atoms with Crippen molar-refractivity contribution in [3.8, 4) is 22.6 Å². The lowest BCUT2D eigenvalue weighted by Gasteiger charge is -2.47. The number of carbonyl (C=O) groups excluding carboxylic acids is 1. The van der Waals surface area contributed by atoms with Crippen LogP contribution in [0, 0.1) is 30.3 Å². The molecule has 2 atom stereocenters. The topological polar surface area (TPSA) is 70.9 Å². The van der Waals surface area contributed by atoms with E-state index in [1.807, 2.05) is 37.7 Å². The lowest BCUT2D eigenvalue weighted by Crippen LogP contribution is -2.59. The molecule has 0 radical (unpaired) electrons. The van der Waals surface area contributed by atoms with E-state index in [9.17, 15) is 4.79 Å². The molecule has 11 heteroatoms. The van der Waals surface area contributed by atoms with Gasteiger partial charge in [0.2, 0.25) is 5.91 Å². The summed E-state index contributed by atoms with van der Waals surface area (Å²) in [6, 6.07) is 6.23. The molecule has 2 aromatic heterocycles. The number of benzene rings is 2. The molecule has 0 aliphatic carbocycles. The maximum atomic E-state index is 17.5. The summed E-state index contributed by atoms with van der Waals surface area (Å²) in [5.41, 5.74) is -0.00179. The molecule has 0 N–H and O–H groups in total. The molecule has 2 aliphatic heterocycles. The van der Waals surface area contributed by atoms with Gasteiger partial charge in [0.05, 0.1) is 40.8 Å². The molecule has 47 heavy (non-hydrogen) atoms. The molecule has 4 aromatic rings. The largest absolute Gasteiger partial charge is 0.496 e. The van der Waals surface area contributed by atoms with Crippen molar-refractivity contribution in [1.82, 2.24) is 14.5 Å². The van der Waals surface area contributed by atoms with Gasteiger partial charge in [-0.2, -0.15) is 0 Å². The monoisotopic (exact) mass is 647 g/mol. The second kappa shape index (κ2) is 12.3. The molecule has 0 unspecified atom stereocenters. The highest BCUT2D eigenvalue weighted by atomic mass is 19.1. The maximum Gasteiger partial charge on any atom is 0.281 e. The van der Waals surface area contributed by atoms with Gasteiger partial charge in [-0.25, -0.2) is 13.2 Å². The number of piperidine rings is 1. The molecule has 1 fully saturated rings. The number of fused-ring (bicyclic) bond motifs is 5. The van der Waals surface area contributed by atoms with E-state index in [2.05, 4.69) is 11.9 Å². The van der Waals surface area contributed by atoms with Gasteiger partial charge < -0.3 is 19.4 Å². The number of amides is 1. The summed E-state index contributed by atoms with van der Waals surface area (Å²) in [6.45, 7) is 8.77. The number of halogens is 3. The van der Waals surface area contributed by atoms with Crippen molar-refractivity contribution in [2.75, 3.05) is 50.6 Å². The van der Waals surface area contributed by atoms with Gasteiger partial charge >= 0.3 is 0 Å². The Morgan fingerprint density at radius 1 is 1.02 bits per heavy atom. The number of likely N-dealkylation sites (N-methyl/N-ethyl adjacent to an activating group) is 1. The Labute approximate surface area is 272 Å². The van der Waals surface area contributed by atoms with Gasteiger partial charge in [0, 0.05) is 31.2 Å². The maximum absolute atomic E-state index is 17.5. The molecule has 2 aromatic carbocycles. The summed E-state index contributed by atoms with van der Waals surface area (Å²) in [4.78, 5) is 39.2. The third-order valence-corrected chi connectivity index (χ3v) is 9.37. The van der Waals surface area contributed by atoms with Crippen LogP contribution in [0.1, 0.15) is 50.8 Å². The average molecular weight is 648 g/mol. The predicted octanol–water partition coefficient (Wildman–Crippen LogP) is 6.42. The first kappa shape index (κ1) is 32.6. The number of methoxy groups -OCH3 is 1. The predicted molar refractivity (Wildman–Crippen MR) is 178 cm³/mol. The molecule has 1 amide bonds. The Bertz CT molecular complexity index is 1960. The van der Waals surface area contributed by atoms with Crippen LogP contribution in [0.2, 0.25) is 0 Å². The van der Waals surface area contributed by atoms with E-state index in [0.29, 0.717) is 42.1 Å². The van der Waals surface area contributed by atoms with Crippen LogP contribution in [-0.2, 0) is 4.79 Å². The van der Waals surface area contributed by atoms with Crippen LogP contribution in [0.4, 0.5) is 24.5 Å². The van der Waals surface area contributed by atoms with Gasteiger partial charge in [0.15, 0.2) is 5.82 Å². The Hall–Kier alpha value is -4.38. The quantitative estimate of drug-likeness (QED) is 0.231. The van der Waals surface area contributed by atoms with Crippen LogP contribution >= 0.6 is 0 Å². The van der Waals surface area contributed by atoms with Crippen LogP contribution in [0.15, 0.2) is 41.3 Å². The summed E-state index contributed by atoms with van der Waals surface area (Å²) < 4.78 is 56.0. The number of carbonyl (C=O) groups is 1. The van der Waals surface area contributed by atoms with Gasteiger partial charge in [-0.15, -0.1) is 0 Å². The van der Waals surface area contributed by atoms with Crippen LogP contribution in [-0.4, -0.2) is 67.2 Å². The lowest BCUT2D eigenvalue weighted by atomic mass is 9.89. The molecule has 1 saturated heterocycles. The van der Waals surface area contributed by atoms with Crippen LogP contribution in [0.3, 0.4) is 0 Å². The van der Waals surface area contributed by atoms with Gasteiger partial charge in [-0.1, -0.05) is 26.8 Å². The third kappa shape index (κ3) is 5.24. The minimum atomic E-state index is -1.11. The lowest BCUT2D eigenvalue weighted by molar-refractivity contribution is -0.120. The number of hydrogen-bond donors (Lipinski definition) is 0. The normalized spacial score (nSPS) is 17.9. The second-order valence-electron chi connectivity index (χ2n) is 13.3. The van der Waals surface area contributed by atoms with E-state index in [1.54, 1.807) is 19.2 Å². The van der Waals surface area contributed by atoms with Gasteiger partial charge in [-0.05, 0) is 75.5 Å². The van der Waals surface area contributed by atoms with E-state index >= 15 is 18.0 Å². The van der Waals surface area contributed by atoms with Crippen molar-refractivity contribution in [3.63, 3.8) is 0 Å². The number of rotatable bonds is 7. The molecule has 248 valence electrons. The molecule has 6 rings (SSSR count). The summed E-state index contributed by atoms with van der Waals surface area (Å²) in [7, 11) is 5.05. The van der Waals surface area contributed by atoms with Gasteiger partial charge in [0.25, 0.3) is 5.56 Å². The van der Waals surface area contributed by atoms with Crippen molar-refractivity contribution in [2.24, 2.45) is 5.92 Å². The zero-order valence-corrected chi connectivity index (χ0v) is 27.8. The summed E-state index contributed by atoms with van der Waals surface area (Å²) in [6.07, 6.45) is 2.96. The summed E-state index contributed by atoms with van der Waals surface area (Å²) in [5.74, 6) is -3.29. The molecule has 0 bridgehead atoms. The zero-order chi connectivity index (χ0) is 33.9. The molecule has 8 nitrogen and oxygen atoms in total. The fourth-order valence-corrected chi connectivity index (χ4v) is 7.09. The van der Waals surface area contributed by atoms with Crippen molar-refractivity contribution in [1.29, 1.82) is 0 Å². The minimum Gasteiger partial charge on any atom is -0.496 e. The van der Waals surface area contributed by atoms with Gasteiger partial charge in [-0.3, -0.25) is 19.1 Å². The van der Waals surface area contributed by atoms with E-state index in [0.717, 1.165) is 12.5 Å². The van der Waals surface area contributed by atoms with E-state index in [4.69, 9.17) is 4.74 Å². The Kier molecular flexibility index (Phi) is 8.54. The number of aromatic nitrogens is 2. The molecule has 4 heterocycles. The van der Waals surface area contributed by atoms with Crippen LogP contribution in [0.5, 0.6) is 5.75 Å². The smallest absolute Gasteiger partial charge is 0.281 e. The van der Waals surface area contributed by atoms with Crippen molar-refractivity contribution >= 4 is 28.2 Å². The minimum absolute atomic E-state index is 0.0557. The number of anilines is 2. The number of nitrogens with zero attached hydrogens (tertiary/aromatic N) is 5. The van der Waals surface area contributed by atoms with E-state index < -0.39 is 34.6 Å². The second-order valence-corrected chi connectivity index (χ2v) is 13.3. The number of aryl methyl sites for hydroxylation is 1. The molecule has 2 aliphatic rings. The van der Waals surface area contributed by atoms with Crippen LogP contribution < -0.4 is 20.1 Å². The number of hydrogen-bond acceptors (Lipinski definition) is 6. The molecular formula is C36H40F3N5O3. The summed E-state index contributed by atoms with van der Waals surface area (Å²) in [5, 5.41) is 0.119. The highest BCUT2D eigenvalue weighted by molar-refractivity contribution is 6.12. The van der Waals surface area contributed by atoms with E-state index in [1.165, 1.54) is 34.8 Å². The molecule has 0 spiro atoms. The van der Waals surface area contributed by atoms with Crippen molar-refractivity contribution in [3.05, 3.63) is 75.6 Å². The fourth-order valence-electron chi connectivity index (χ4n) is 7.09. The first-order valence-corrected chi connectivity index (χ1v) is 16.0. The van der Waals surface area contributed by atoms with Gasteiger partial charge in [0.1, 0.15) is 29.1 Å². The fraction of sp³-hybridized carbons (Fsp3) is 0.417. The Morgan fingerprint density at radius 3 is 2.45 bits per heavy atom. The Morgan fingerprint density at radius 2 is 1.77 bits per heavy atom. The molecule has 0 saturated carbocycles. The van der Waals surface area contributed by atoms with E-state index in [-0.39, 0.29) is 52.2 Å². The molecular weight excluding hydrogens is 607 g/mol. The van der Waals surface area contributed by atoms with Crippen molar-refractivity contribution < 1.29 is 22.7 Å². The Balaban J connectivity index is 1.84. The number of ether oxygens (including phenoxy) is 1. The highest BCUT2D eigenvalue weighted by Crippen LogP contribution is 2.47. The third-order valence-electron chi connectivity index (χ3n) is 9.37. The zero-order valence-electron chi connectivity index (χ0n) is 27.8.